The lowest BCUT2D eigenvalue weighted by atomic mass is 10.2. The van der Waals surface area contributed by atoms with E-state index in [-0.39, 0.29) is 0 Å². The number of nitrogens with one attached hydrogen (secondary N) is 2. The first-order valence-corrected chi connectivity index (χ1v) is 9.78. The number of hydrogen-bond donors (Lipinski definition) is 2. The van der Waals surface area contributed by atoms with Gasteiger partial charge in [-0.1, -0.05) is 18.2 Å². The van der Waals surface area contributed by atoms with Crippen molar-refractivity contribution in [2.45, 2.75) is 31.8 Å². The molecule has 7 heteroatoms. The highest BCUT2D eigenvalue weighted by molar-refractivity contribution is 7.99. The van der Waals surface area contributed by atoms with Gasteiger partial charge in [0.1, 0.15) is 0 Å². The normalized spacial score (nSPS) is 11.6. The molecule has 6 nitrogen and oxygen atoms in total. The lowest BCUT2D eigenvalue weighted by molar-refractivity contribution is 0.182. The van der Waals surface area contributed by atoms with Gasteiger partial charge in [0, 0.05) is 49.2 Å². The minimum absolute atomic E-state index is 0.664. The second-order valence-electron chi connectivity index (χ2n) is 5.88. The molecule has 2 aromatic rings. The van der Waals surface area contributed by atoms with Gasteiger partial charge in [-0.05, 0) is 26.0 Å². The fourth-order valence-electron chi connectivity index (χ4n) is 2.63. The summed E-state index contributed by atoms with van der Waals surface area (Å²) >= 11 is 1.83. The maximum Gasteiger partial charge on any atom is 0.191 e. The number of thioether (sulfide) groups is 1. The molecule has 2 N–H and O–H groups in total. The number of aliphatic imine (C=N–C) groups is 1. The predicted molar refractivity (Wildman–Crippen MR) is 109 cm³/mol. The SMILES string of the molecule is CN=C(NCCSc1ccccc1)NCc1c(C)nn(CCOC)c1C. The van der Waals surface area contributed by atoms with Crippen molar-refractivity contribution in [3.05, 3.63) is 47.3 Å². The summed E-state index contributed by atoms with van der Waals surface area (Å²) in [6, 6.07) is 10.4. The number of rotatable bonds is 9. The van der Waals surface area contributed by atoms with E-state index in [1.165, 1.54) is 16.2 Å². The highest BCUT2D eigenvalue weighted by atomic mass is 32.2. The van der Waals surface area contributed by atoms with Crippen LogP contribution in [0.2, 0.25) is 0 Å². The Morgan fingerprint density at radius 2 is 2.00 bits per heavy atom. The van der Waals surface area contributed by atoms with E-state index in [0.717, 1.165) is 30.5 Å². The van der Waals surface area contributed by atoms with E-state index in [0.29, 0.717) is 13.2 Å². The molecular formula is C19H29N5OS. The number of aromatic nitrogens is 2. The minimum Gasteiger partial charge on any atom is -0.383 e. The predicted octanol–water partition coefficient (Wildman–Crippen LogP) is 2.60. The lowest BCUT2D eigenvalue weighted by Gasteiger charge is -2.12. The first-order chi connectivity index (χ1) is 12.7. The highest BCUT2D eigenvalue weighted by Crippen LogP contribution is 2.16. The number of guanidine groups is 1. The van der Waals surface area contributed by atoms with E-state index < -0.39 is 0 Å². The zero-order valence-corrected chi connectivity index (χ0v) is 16.9. The Kier molecular flexibility index (Phi) is 8.50. The number of aryl methyl sites for hydroxylation is 1. The third-order valence-electron chi connectivity index (χ3n) is 4.10. The molecule has 2 rings (SSSR count). The molecular weight excluding hydrogens is 346 g/mol. The molecule has 1 aromatic heterocycles. The summed E-state index contributed by atoms with van der Waals surface area (Å²) in [6.07, 6.45) is 0. The third-order valence-corrected chi connectivity index (χ3v) is 5.11. The Labute approximate surface area is 160 Å². The molecule has 0 amide bonds. The molecule has 1 heterocycles. The van der Waals surface area contributed by atoms with Gasteiger partial charge < -0.3 is 15.4 Å². The van der Waals surface area contributed by atoms with Crippen LogP contribution < -0.4 is 10.6 Å². The standard InChI is InChI=1S/C19H29N5OS/c1-15-18(16(2)24(23-15)11-12-25-4)14-22-19(20-3)21-10-13-26-17-8-6-5-7-9-17/h5-9H,10-14H2,1-4H3,(H2,20,21,22). The van der Waals surface area contributed by atoms with Gasteiger partial charge in [0.05, 0.1) is 18.8 Å². The highest BCUT2D eigenvalue weighted by Gasteiger charge is 2.11. The van der Waals surface area contributed by atoms with Gasteiger partial charge in [-0.2, -0.15) is 5.10 Å². The van der Waals surface area contributed by atoms with E-state index >= 15 is 0 Å². The average molecular weight is 376 g/mol. The molecule has 0 spiro atoms. The van der Waals surface area contributed by atoms with Gasteiger partial charge >= 0.3 is 0 Å². The molecule has 142 valence electrons. The fraction of sp³-hybridized carbons (Fsp3) is 0.474. The third kappa shape index (κ3) is 6.07. The van der Waals surface area contributed by atoms with Crippen LogP contribution in [0.1, 0.15) is 17.0 Å². The summed E-state index contributed by atoms with van der Waals surface area (Å²) in [5.41, 5.74) is 3.42. The summed E-state index contributed by atoms with van der Waals surface area (Å²) in [5, 5.41) is 11.3. The van der Waals surface area contributed by atoms with E-state index in [1.54, 1.807) is 14.2 Å². The second kappa shape index (κ2) is 10.9. The van der Waals surface area contributed by atoms with Crippen molar-refractivity contribution in [2.24, 2.45) is 4.99 Å². The molecule has 0 saturated carbocycles. The maximum atomic E-state index is 5.14. The van der Waals surface area contributed by atoms with Gasteiger partial charge in [-0.15, -0.1) is 11.8 Å². The Balaban J connectivity index is 1.79. The quantitative estimate of drug-likeness (QED) is 0.305. The Bertz CT molecular complexity index is 699. The molecule has 0 fully saturated rings. The van der Waals surface area contributed by atoms with Crippen molar-refractivity contribution in [3.8, 4) is 0 Å². The number of nitrogens with zero attached hydrogens (tertiary/aromatic N) is 3. The molecule has 0 bridgehead atoms. The van der Waals surface area contributed by atoms with Crippen molar-refractivity contribution in [1.29, 1.82) is 0 Å². The second-order valence-corrected chi connectivity index (χ2v) is 7.05. The topological polar surface area (TPSA) is 63.5 Å². The number of hydrogen-bond acceptors (Lipinski definition) is 4. The molecule has 0 unspecified atom stereocenters. The number of ether oxygens (including phenoxy) is 1. The summed E-state index contributed by atoms with van der Waals surface area (Å²) < 4.78 is 7.15. The van der Waals surface area contributed by atoms with Gasteiger partial charge in [-0.3, -0.25) is 9.67 Å². The van der Waals surface area contributed by atoms with Crippen LogP contribution in [-0.2, 0) is 17.8 Å². The van der Waals surface area contributed by atoms with Crippen LogP contribution in [0.5, 0.6) is 0 Å². The average Bonchev–Trinajstić information content (AvgIpc) is 2.93. The minimum atomic E-state index is 0.664. The van der Waals surface area contributed by atoms with Crippen LogP contribution in [0, 0.1) is 13.8 Å². The zero-order valence-electron chi connectivity index (χ0n) is 16.1. The number of benzene rings is 1. The Morgan fingerprint density at radius 3 is 2.69 bits per heavy atom. The van der Waals surface area contributed by atoms with Crippen molar-refractivity contribution in [2.75, 3.05) is 33.1 Å². The van der Waals surface area contributed by atoms with Crippen LogP contribution in [0.25, 0.3) is 0 Å². The molecule has 1 aromatic carbocycles. The molecule has 0 aliphatic rings. The summed E-state index contributed by atoms with van der Waals surface area (Å²) in [5.74, 6) is 1.79. The van der Waals surface area contributed by atoms with Crippen LogP contribution in [0.4, 0.5) is 0 Å². The Hall–Kier alpha value is -1.99. The van der Waals surface area contributed by atoms with Crippen LogP contribution in [0.3, 0.4) is 0 Å². The molecule has 26 heavy (non-hydrogen) atoms. The van der Waals surface area contributed by atoms with Crippen LogP contribution >= 0.6 is 11.8 Å². The van der Waals surface area contributed by atoms with Gasteiger partial charge in [0.2, 0.25) is 0 Å². The van der Waals surface area contributed by atoms with Crippen molar-refractivity contribution in [1.82, 2.24) is 20.4 Å². The number of methoxy groups -OCH3 is 1. The largest absolute Gasteiger partial charge is 0.383 e. The summed E-state index contributed by atoms with van der Waals surface area (Å²) in [4.78, 5) is 5.59. The monoisotopic (exact) mass is 375 g/mol. The van der Waals surface area contributed by atoms with Crippen molar-refractivity contribution >= 4 is 17.7 Å². The summed E-state index contributed by atoms with van der Waals surface area (Å²) in [7, 11) is 3.50. The van der Waals surface area contributed by atoms with Crippen LogP contribution in [0.15, 0.2) is 40.2 Å². The Morgan fingerprint density at radius 1 is 1.23 bits per heavy atom. The van der Waals surface area contributed by atoms with E-state index in [1.807, 2.05) is 29.4 Å². The fourth-order valence-corrected chi connectivity index (χ4v) is 3.42. The van der Waals surface area contributed by atoms with E-state index in [9.17, 15) is 0 Å². The van der Waals surface area contributed by atoms with Crippen LogP contribution in [-0.4, -0.2) is 48.8 Å². The van der Waals surface area contributed by atoms with E-state index in [4.69, 9.17) is 4.74 Å². The molecule has 0 aliphatic heterocycles. The lowest BCUT2D eigenvalue weighted by Crippen LogP contribution is -2.38. The van der Waals surface area contributed by atoms with Crippen molar-refractivity contribution < 1.29 is 4.74 Å². The molecule has 0 aliphatic carbocycles. The zero-order chi connectivity index (χ0) is 18.8. The van der Waals surface area contributed by atoms with Crippen molar-refractivity contribution in [3.63, 3.8) is 0 Å². The smallest absolute Gasteiger partial charge is 0.191 e. The molecule has 0 radical (unpaired) electrons. The molecule has 0 saturated heterocycles. The maximum absolute atomic E-state index is 5.14. The van der Waals surface area contributed by atoms with Gasteiger partial charge in [-0.25, -0.2) is 0 Å². The van der Waals surface area contributed by atoms with Gasteiger partial charge in [0.15, 0.2) is 5.96 Å². The first-order valence-electron chi connectivity index (χ1n) is 8.80. The van der Waals surface area contributed by atoms with Gasteiger partial charge in [0.25, 0.3) is 0 Å². The summed E-state index contributed by atoms with van der Waals surface area (Å²) in [6.45, 7) is 7.13. The first kappa shape index (κ1) is 20.3. The molecule has 0 atom stereocenters. The van der Waals surface area contributed by atoms with E-state index in [2.05, 4.69) is 51.9 Å².